The Morgan fingerprint density at radius 2 is 1.63 bits per heavy atom. The number of benzene rings is 1. The average molecular weight is 262 g/mol. The molecule has 106 valence electrons. The maximum atomic E-state index is 12.1. The van der Waals surface area contributed by atoms with Crippen LogP contribution in [0, 0.1) is 5.41 Å². The molecule has 1 atom stereocenters. The van der Waals surface area contributed by atoms with E-state index in [1.54, 1.807) is 0 Å². The van der Waals surface area contributed by atoms with Gasteiger partial charge in [0.25, 0.3) is 0 Å². The van der Waals surface area contributed by atoms with Crippen molar-refractivity contribution in [2.45, 2.75) is 46.6 Å². The molecule has 0 aromatic heterocycles. The van der Waals surface area contributed by atoms with Gasteiger partial charge >= 0.3 is 0 Å². The van der Waals surface area contributed by atoms with Crippen LogP contribution in [0.3, 0.4) is 0 Å². The largest absolute Gasteiger partial charge is 0.349 e. The second-order valence-electron chi connectivity index (χ2n) is 6.10. The first kappa shape index (κ1) is 15.7. The zero-order valence-electron chi connectivity index (χ0n) is 12.7. The molecule has 0 aliphatic carbocycles. The normalized spacial score (nSPS) is 13.4. The summed E-state index contributed by atoms with van der Waals surface area (Å²) in [6.07, 6.45) is 0. The molecule has 0 radical (unpaired) electrons. The van der Waals surface area contributed by atoms with Crippen molar-refractivity contribution in [2.24, 2.45) is 11.1 Å². The summed E-state index contributed by atoms with van der Waals surface area (Å²) in [5.74, 6) is 0.519. The molecule has 1 unspecified atom stereocenters. The highest BCUT2D eigenvalue weighted by atomic mass is 16.2. The van der Waals surface area contributed by atoms with Crippen molar-refractivity contribution >= 4 is 5.91 Å². The molecule has 0 aliphatic rings. The number of carbonyl (C=O) groups is 1. The van der Waals surface area contributed by atoms with Crippen LogP contribution in [0.5, 0.6) is 0 Å². The lowest BCUT2D eigenvalue weighted by molar-refractivity contribution is -0.129. The van der Waals surface area contributed by atoms with Gasteiger partial charge in [-0.2, -0.15) is 0 Å². The number of amides is 1. The molecule has 0 bridgehead atoms. The van der Waals surface area contributed by atoms with E-state index >= 15 is 0 Å². The van der Waals surface area contributed by atoms with Crippen molar-refractivity contribution in [3.63, 3.8) is 0 Å². The minimum absolute atomic E-state index is 0.000428. The first-order valence-corrected chi connectivity index (χ1v) is 6.89. The average Bonchev–Trinajstić information content (AvgIpc) is 2.38. The van der Waals surface area contributed by atoms with E-state index in [-0.39, 0.29) is 11.9 Å². The Morgan fingerprint density at radius 3 is 2.05 bits per heavy atom. The predicted molar refractivity (Wildman–Crippen MR) is 79.9 cm³/mol. The van der Waals surface area contributed by atoms with Crippen molar-refractivity contribution in [3.05, 3.63) is 35.4 Å². The number of nitrogens with two attached hydrogens (primary N) is 1. The lowest BCUT2D eigenvalue weighted by Gasteiger charge is -2.24. The van der Waals surface area contributed by atoms with Gasteiger partial charge < -0.3 is 11.1 Å². The van der Waals surface area contributed by atoms with Gasteiger partial charge in [-0.3, -0.25) is 4.79 Å². The minimum Gasteiger partial charge on any atom is -0.349 e. The predicted octanol–water partition coefficient (Wildman–Crippen LogP) is 2.97. The third-order valence-corrected chi connectivity index (χ3v) is 3.58. The molecule has 1 aromatic rings. The van der Waals surface area contributed by atoms with Crippen LogP contribution >= 0.6 is 0 Å². The summed E-state index contributed by atoms with van der Waals surface area (Å²) in [5, 5.41) is 3.02. The molecule has 0 aliphatic heterocycles. The van der Waals surface area contributed by atoms with E-state index in [2.05, 4.69) is 43.4 Å². The summed E-state index contributed by atoms with van der Waals surface area (Å²) >= 11 is 0. The second-order valence-corrected chi connectivity index (χ2v) is 6.10. The Morgan fingerprint density at radius 1 is 1.16 bits per heavy atom. The van der Waals surface area contributed by atoms with E-state index in [1.165, 1.54) is 5.56 Å². The topological polar surface area (TPSA) is 55.1 Å². The van der Waals surface area contributed by atoms with Gasteiger partial charge in [-0.05, 0) is 37.8 Å². The van der Waals surface area contributed by atoms with Gasteiger partial charge in [0.15, 0.2) is 0 Å². The van der Waals surface area contributed by atoms with Crippen LogP contribution in [0.4, 0.5) is 0 Å². The molecule has 0 saturated heterocycles. The van der Waals surface area contributed by atoms with Crippen LogP contribution in [-0.2, 0) is 4.79 Å². The summed E-state index contributed by atoms with van der Waals surface area (Å²) in [6, 6.07) is 8.40. The summed E-state index contributed by atoms with van der Waals surface area (Å²) in [5.41, 5.74) is 7.52. The van der Waals surface area contributed by atoms with Crippen LogP contribution in [0.1, 0.15) is 57.7 Å². The van der Waals surface area contributed by atoms with E-state index in [9.17, 15) is 4.79 Å². The van der Waals surface area contributed by atoms with E-state index in [1.807, 2.05) is 20.8 Å². The summed E-state index contributed by atoms with van der Waals surface area (Å²) in [4.78, 5) is 12.1. The van der Waals surface area contributed by atoms with E-state index in [0.717, 1.165) is 5.56 Å². The molecule has 1 aromatic carbocycles. The van der Waals surface area contributed by atoms with Gasteiger partial charge in [0.2, 0.25) is 5.91 Å². The first-order valence-electron chi connectivity index (χ1n) is 6.89. The number of hydrogen-bond donors (Lipinski definition) is 2. The Hall–Kier alpha value is -1.35. The maximum absolute atomic E-state index is 12.1. The van der Waals surface area contributed by atoms with Crippen molar-refractivity contribution < 1.29 is 4.79 Å². The zero-order valence-corrected chi connectivity index (χ0v) is 12.7. The molecular formula is C16H26N2O. The molecule has 0 heterocycles. The smallest absolute Gasteiger partial charge is 0.227 e. The van der Waals surface area contributed by atoms with Crippen molar-refractivity contribution in [2.75, 3.05) is 6.54 Å². The molecule has 0 saturated carbocycles. The standard InChI is InChI=1S/C16H26N2O/c1-11(2)13-6-8-14(9-7-13)12(3)18-15(19)16(4,5)10-17/h6-9,11-12H,10,17H2,1-5H3,(H,18,19). The number of hydrogen-bond acceptors (Lipinski definition) is 2. The van der Waals surface area contributed by atoms with Gasteiger partial charge in [-0.15, -0.1) is 0 Å². The van der Waals surface area contributed by atoms with Gasteiger partial charge in [0.1, 0.15) is 0 Å². The summed E-state index contributed by atoms with van der Waals surface area (Å²) < 4.78 is 0. The molecule has 3 heteroatoms. The summed E-state index contributed by atoms with van der Waals surface area (Å²) in [6.45, 7) is 10.4. The Bertz CT molecular complexity index is 421. The minimum atomic E-state index is -0.522. The molecular weight excluding hydrogens is 236 g/mol. The Labute approximate surface area is 116 Å². The highest BCUT2D eigenvalue weighted by molar-refractivity contribution is 5.82. The number of nitrogens with one attached hydrogen (secondary N) is 1. The third kappa shape index (κ3) is 4.06. The monoisotopic (exact) mass is 262 g/mol. The maximum Gasteiger partial charge on any atom is 0.227 e. The molecule has 0 fully saturated rings. The van der Waals surface area contributed by atoms with Crippen LogP contribution in [0.15, 0.2) is 24.3 Å². The summed E-state index contributed by atoms with van der Waals surface area (Å²) in [7, 11) is 0. The van der Waals surface area contributed by atoms with Crippen LogP contribution < -0.4 is 11.1 Å². The molecule has 1 rings (SSSR count). The lowest BCUT2D eigenvalue weighted by atomic mass is 9.92. The molecule has 1 amide bonds. The lowest BCUT2D eigenvalue weighted by Crippen LogP contribution is -2.42. The van der Waals surface area contributed by atoms with E-state index < -0.39 is 5.41 Å². The molecule has 3 N–H and O–H groups in total. The van der Waals surface area contributed by atoms with Crippen molar-refractivity contribution in [3.8, 4) is 0 Å². The van der Waals surface area contributed by atoms with Crippen LogP contribution in [0.25, 0.3) is 0 Å². The Balaban J connectivity index is 2.73. The van der Waals surface area contributed by atoms with E-state index in [0.29, 0.717) is 12.5 Å². The number of carbonyl (C=O) groups excluding carboxylic acids is 1. The fourth-order valence-electron chi connectivity index (χ4n) is 1.74. The SMILES string of the molecule is CC(C)c1ccc(C(C)NC(=O)C(C)(C)CN)cc1. The highest BCUT2D eigenvalue weighted by Crippen LogP contribution is 2.20. The van der Waals surface area contributed by atoms with Gasteiger partial charge in [0.05, 0.1) is 11.5 Å². The third-order valence-electron chi connectivity index (χ3n) is 3.58. The molecule has 0 spiro atoms. The molecule has 19 heavy (non-hydrogen) atoms. The first-order chi connectivity index (χ1) is 8.77. The van der Waals surface area contributed by atoms with Gasteiger partial charge in [-0.25, -0.2) is 0 Å². The van der Waals surface area contributed by atoms with E-state index in [4.69, 9.17) is 5.73 Å². The van der Waals surface area contributed by atoms with Crippen LogP contribution in [0.2, 0.25) is 0 Å². The Kier molecular flexibility index (Phi) is 5.12. The zero-order chi connectivity index (χ0) is 14.6. The van der Waals surface area contributed by atoms with Crippen molar-refractivity contribution in [1.29, 1.82) is 0 Å². The molecule has 3 nitrogen and oxygen atoms in total. The van der Waals surface area contributed by atoms with Gasteiger partial charge in [-0.1, -0.05) is 38.1 Å². The second kappa shape index (κ2) is 6.20. The highest BCUT2D eigenvalue weighted by Gasteiger charge is 2.26. The fourth-order valence-corrected chi connectivity index (χ4v) is 1.74. The quantitative estimate of drug-likeness (QED) is 0.857. The van der Waals surface area contributed by atoms with Gasteiger partial charge in [0, 0.05) is 6.54 Å². The van der Waals surface area contributed by atoms with Crippen molar-refractivity contribution in [1.82, 2.24) is 5.32 Å². The van der Waals surface area contributed by atoms with Crippen LogP contribution in [-0.4, -0.2) is 12.5 Å². The fraction of sp³-hybridized carbons (Fsp3) is 0.562. The number of rotatable bonds is 5.